The van der Waals surface area contributed by atoms with Crippen LogP contribution >= 0.6 is 0 Å². The minimum atomic E-state index is -0.408. The molecule has 0 radical (unpaired) electrons. The van der Waals surface area contributed by atoms with Crippen LogP contribution in [0.2, 0.25) is 0 Å². The normalized spacial score (nSPS) is 12.3. The van der Waals surface area contributed by atoms with Crippen LogP contribution in [0.1, 0.15) is 37.0 Å². The first-order chi connectivity index (χ1) is 13.5. The number of halogens is 1. The minimum absolute atomic E-state index is 0.0620. The second-order valence-corrected chi connectivity index (χ2v) is 6.45. The van der Waals surface area contributed by atoms with E-state index in [4.69, 9.17) is 10.2 Å². The summed E-state index contributed by atoms with van der Waals surface area (Å²) in [4.78, 5) is 12.7. The molecule has 1 aliphatic rings. The lowest BCUT2D eigenvalue weighted by atomic mass is 10.0. The van der Waals surface area contributed by atoms with Crippen LogP contribution in [-0.4, -0.2) is 14.8 Å². The van der Waals surface area contributed by atoms with Crippen LogP contribution in [-0.2, 0) is 19.9 Å². The highest BCUT2D eigenvalue weighted by molar-refractivity contribution is 5.79. The Bertz CT molecular complexity index is 1070. The Balaban J connectivity index is 0.00000109. The van der Waals surface area contributed by atoms with Gasteiger partial charge in [0.2, 0.25) is 0 Å². The molecule has 0 bridgehead atoms. The van der Waals surface area contributed by atoms with Gasteiger partial charge in [-0.1, -0.05) is 25.0 Å². The SMILES string of the molecule is CC.Cc1ccc(Nc2c(-c3nnc(N)o3)c3c(c(=O)n2C)CCC3)c(F)c1. The minimum Gasteiger partial charge on any atom is -0.403 e. The molecule has 8 heteroatoms. The van der Waals surface area contributed by atoms with Crippen molar-refractivity contribution in [3.05, 3.63) is 51.1 Å². The molecule has 0 saturated heterocycles. The number of hydrogen-bond acceptors (Lipinski definition) is 6. The van der Waals surface area contributed by atoms with Gasteiger partial charge in [-0.2, -0.15) is 0 Å². The molecule has 3 aromatic rings. The van der Waals surface area contributed by atoms with Gasteiger partial charge in [0.25, 0.3) is 11.4 Å². The molecular weight excluding hydrogens is 361 g/mol. The van der Waals surface area contributed by atoms with Gasteiger partial charge in [0.15, 0.2) is 0 Å². The molecule has 0 spiro atoms. The molecule has 0 saturated carbocycles. The van der Waals surface area contributed by atoms with E-state index in [1.807, 2.05) is 20.8 Å². The van der Waals surface area contributed by atoms with Crippen molar-refractivity contribution < 1.29 is 8.81 Å². The number of nitrogens with one attached hydrogen (secondary N) is 1. The maximum Gasteiger partial charge on any atom is 0.313 e. The zero-order chi connectivity index (χ0) is 20.4. The average Bonchev–Trinajstić information content (AvgIpc) is 3.33. The Morgan fingerprint density at radius 2 is 1.93 bits per heavy atom. The van der Waals surface area contributed by atoms with Crippen molar-refractivity contribution in [3.8, 4) is 11.5 Å². The number of benzene rings is 1. The smallest absolute Gasteiger partial charge is 0.313 e. The van der Waals surface area contributed by atoms with Crippen LogP contribution in [0.5, 0.6) is 0 Å². The summed E-state index contributed by atoms with van der Waals surface area (Å²) in [5.41, 5.74) is 8.73. The Hall–Kier alpha value is -3.16. The molecule has 2 heterocycles. The van der Waals surface area contributed by atoms with Crippen molar-refractivity contribution in [2.75, 3.05) is 11.1 Å². The molecule has 2 aromatic heterocycles. The highest BCUT2D eigenvalue weighted by atomic mass is 19.1. The van der Waals surface area contributed by atoms with E-state index in [0.29, 0.717) is 24.2 Å². The molecule has 4 rings (SSSR count). The number of aromatic nitrogens is 3. The van der Waals surface area contributed by atoms with Gasteiger partial charge in [0, 0.05) is 12.6 Å². The summed E-state index contributed by atoms with van der Waals surface area (Å²) in [6.45, 7) is 5.81. The number of rotatable bonds is 3. The fourth-order valence-electron chi connectivity index (χ4n) is 3.43. The summed E-state index contributed by atoms with van der Waals surface area (Å²) < 4.78 is 21.2. The predicted molar refractivity (Wildman–Crippen MR) is 107 cm³/mol. The maximum absolute atomic E-state index is 14.4. The highest BCUT2D eigenvalue weighted by Crippen LogP contribution is 2.37. The van der Waals surface area contributed by atoms with Crippen LogP contribution in [0.15, 0.2) is 27.4 Å². The van der Waals surface area contributed by atoms with Crippen molar-refractivity contribution in [3.63, 3.8) is 0 Å². The first-order valence-electron chi connectivity index (χ1n) is 9.33. The summed E-state index contributed by atoms with van der Waals surface area (Å²) in [6.07, 6.45) is 2.27. The average molecular weight is 385 g/mol. The van der Waals surface area contributed by atoms with Crippen LogP contribution in [0.25, 0.3) is 11.5 Å². The zero-order valence-corrected chi connectivity index (χ0v) is 16.5. The molecular formula is C20H24FN5O2. The van der Waals surface area contributed by atoms with E-state index in [1.165, 1.54) is 10.6 Å². The highest BCUT2D eigenvalue weighted by Gasteiger charge is 2.28. The van der Waals surface area contributed by atoms with Gasteiger partial charge in [-0.05, 0) is 49.4 Å². The van der Waals surface area contributed by atoms with E-state index >= 15 is 0 Å². The number of pyridine rings is 1. The molecule has 0 aliphatic heterocycles. The molecule has 1 aliphatic carbocycles. The van der Waals surface area contributed by atoms with E-state index in [2.05, 4.69) is 15.5 Å². The summed E-state index contributed by atoms with van der Waals surface area (Å²) in [5.74, 6) is 0.210. The third-order valence-corrected chi connectivity index (χ3v) is 4.69. The number of nitrogen functional groups attached to an aromatic ring is 1. The molecule has 7 nitrogen and oxygen atoms in total. The monoisotopic (exact) mass is 385 g/mol. The summed E-state index contributed by atoms with van der Waals surface area (Å²) in [7, 11) is 1.64. The number of aryl methyl sites for hydroxylation is 1. The standard InChI is InChI=1S/C18H18FN5O2.C2H6/c1-9-6-7-13(12(19)8-9)21-15-14(16-22-23-18(20)26-16)10-4-3-5-11(10)17(25)24(15)2;1-2/h6-8,21H,3-5H2,1-2H3,(H2,20,23);1-2H3. The largest absolute Gasteiger partial charge is 0.403 e. The Morgan fingerprint density at radius 1 is 1.21 bits per heavy atom. The molecule has 0 atom stereocenters. The summed E-state index contributed by atoms with van der Waals surface area (Å²) in [5, 5.41) is 10.7. The van der Waals surface area contributed by atoms with Gasteiger partial charge in [0.1, 0.15) is 11.6 Å². The Morgan fingerprint density at radius 3 is 2.57 bits per heavy atom. The third-order valence-electron chi connectivity index (χ3n) is 4.69. The molecule has 0 unspecified atom stereocenters. The lowest BCUT2D eigenvalue weighted by Gasteiger charge is -2.18. The predicted octanol–water partition coefficient (Wildman–Crippen LogP) is 3.72. The summed E-state index contributed by atoms with van der Waals surface area (Å²) in [6, 6.07) is 4.79. The number of hydrogen-bond donors (Lipinski definition) is 2. The van der Waals surface area contributed by atoms with Crippen molar-refractivity contribution >= 4 is 17.5 Å². The summed E-state index contributed by atoms with van der Waals surface area (Å²) >= 11 is 0. The maximum atomic E-state index is 14.4. The molecule has 148 valence electrons. The quantitative estimate of drug-likeness (QED) is 0.713. The molecule has 28 heavy (non-hydrogen) atoms. The fraction of sp³-hybridized carbons (Fsp3) is 0.350. The second-order valence-electron chi connectivity index (χ2n) is 6.45. The van der Waals surface area contributed by atoms with Gasteiger partial charge in [0.05, 0.1) is 11.3 Å². The van der Waals surface area contributed by atoms with Gasteiger partial charge in [-0.15, -0.1) is 5.10 Å². The van der Waals surface area contributed by atoms with E-state index in [9.17, 15) is 9.18 Å². The number of nitrogens with zero attached hydrogens (tertiary/aromatic N) is 3. The van der Waals surface area contributed by atoms with Crippen molar-refractivity contribution in [1.29, 1.82) is 0 Å². The van der Waals surface area contributed by atoms with Crippen LogP contribution in [0.3, 0.4) is 0 Å². The molecule has 1 aromatic carbocycles. The molecule has 0 fully saturated rings. The second kappa shape index (κ2) is 7.84. The van der Waals surface area contributed by atoms with Crippen LogP contribution < -0.4 is 16.6 Å². The zero-order valence-electron chi connectivity index (χ0n) is 16.5. The Labute approximate surface area is 162 Å². The van der Waals surface area contributed by atoms with Gasteiger partial charge in [-0.3, -0.25) is 9.36 Å². The van der Waals surface area contributed by atoms with E-state index in [0.717, 1.165) is 23.1 Å². The van der Waals surface area contributed by atoms with Gasteiger partial charge < -0.3 is 15.5 Å². The van der Waals surface area contributed by atoms with Crippen molar-refractivity contribution in [2.45, 2.75) is 40.0 Å². The molecule has 0 amide bonds. The number of anilines is 3. The fourth-order valence-corrected chi connectivity index (χ4v) is 3.43. The van der Waals surface area contributed by atoms with Crippen LogP contribution in [0.4, 0.5) is 21.9 Å². The van der Waals surface area contributed by atoms with Gasteiger partial charge in [-0.25, -0.2) is 4.39 Å². The first kappa shape index (κ1) is 19.6. The lowest BCUT2D eigenvalue weighted by molar-refractivity contribution is 0.588. The van der Waals surface area contributed by atoms with Crippen LogP contribution in [0, 0.1) is 12.7 Å². The van der Waals surface area contributed by atoms with Gasteiger partial charge >= 0.3 is 6.01 Å². The van der Waals surface area contributed by atoms with E-state index in [1.54, 1.807) is 19.2 Å². The third kappa shape index (κ3) is 3.37. The van der Waals surface area contributed by atoms with E-state index in [-0.39, 0.29) is 23.2 Å². The van der Waals surface area contributed by atoms with Crippen molar-refractivity contribution in [1.82, 2.24) is 14.8 Å². The first-order valence-corrected chi connectivity index (χ1v) is 9.33. The lowest BCUT2D eigenvalue weighted by Crippen LogP contribution is -2.24. The van der Waals surface area contributed by atoms with E-state index < -0.39 is 5.82 Å². The number of fused-ring (bicyclic) bond motifs is 1. The molecule has 3 N–H and O–H groups in total. The number of nitrogens with two attached hydrogens (primary N) is 1. The topological polar surface area (TPSA) is 99.0 Å². The Kier molecular flexibility index (Phi) is 5.48. The van der Waals surface area contributed by atoms with Crippen molar-refractivity contribution in [2.24, 2.45) is 7.05 Å².